The standard InChI is InChI=1S/C15H19F2NO3/c1-15(2,3)13(14(20)21)18-12(19)7-5-9-4-6-10(16)11(17)8-9/h4,6,8,13H,5,7H2,1-3H3,(H,18,19)(H,20,21)/t13-/m0/s1. The molecule has 4 nitrogen and oxygen atoms in total. The summed E-state index contributed by atoms with van der Waals surface area (Å²) >= 11 is 0. The highest BCUT2D eigenvalue weighted by Gasteiger charge is 2.32. The van der Waals surface area contributed by atoms with Gasteiger partial charge in [-0.15, -0.1) is 0 Å². The summed E-state index contributed by atoms with van der Waals surface area (Å²) in [6.07, 6.45) is 0.213. The minimum atomic E-state index is -1.11. The van der Waals surface area contributed by atoms with Crippen LogP contribution >= 0.6 is 0 Å². The van der Waals surface area contributed by atoms with Gasteiger partial charge in [0.25, 0.3) is 0 Å². The van der Waals surface area contributed by atoms with Gasteiger partial charge in [-0.25, -0.2) is 13.6 Å². The molecule has 0 aliphatic rings. The second-order valence-corrected chi connectivity index (χ2v) is 5.95. The zero-order valence-corrected chi connectivity index (χ0v) is 12.2. The Morgan fingerprint density at radius 1 is 1.24 bits per heavy atom. The SMILES string of the molecule is CC(C)(C)[C@@H](NC(=O)CCc1ccc(F)c(F)c1)C(=O)O. The maximum absolute atomic E-state index is 13.0. The van der Waals surface area contributed by atoms with Crippen LogP contribution in [0.5, 0.6) is 0 Å². The smallest absolute Gasteiger partial charge is 0.326 e. The largest absolute Gasteiger partial charge is 0.480 e. The average molecular weight is 299 g/mol. The molecule has 1 aromatic rings. The number of carboxylic acid groups (broad SMARTS) is 1. The number of benzene rings is 1. The Bertz CT molecular complexity index is 538. The second-order valence-electron chi connectivity index (χ2n) is 5.95. The quantitative estimate of drug-likeness (QED) is 0.878. The molecular weight excluding hydrogens is 280 g/mol. The molecule has 21 heavy (non-hydrogen) atoms. The van der Waals surface area contributed by atoms with Gasteiger partial charge in [0, 0.05) is 6.42 Å². The highest BCUT2D eigenvalue weighted by molar-refractivity contribution is 5.84. The maximum Gasteiger partial charge on any atom is 0.326 e. The van der Waals surface area contributed by atoms with Gasteiger partial charge in [0.1, 0.15) is 6.04 Å². The third-order valence-corrected chi connectivity index (χ3v) is 3.04. The fourth-order valence-electron chi connectivity index (χ4n) is 1.83. The van der Waals surface area contributed by atoms with E-state index in [1.807, 2.05) is 0 Å². The molecule has 1 rings (SSSR count). The molecule has 116 valence electrons. The van der Waals surface area contributed by atoms with Crippen molar-refractivity contribution in [1.82, 2.24) is 5.32 Å². The van der Waals surface area contributed by atoms with Gasteiger partial charge in [-0.1, -0.05) is 26.8 Å². The molecule has 0 fully saturated rings. The number of hydrogen-bond acceptors (Lipinski definition) is 2. The van der Waals surface area contributed by atoms with Gasteiger partial charge in [0.15, 0.2) is 11.6 Å². The number of aryl methyl sites for hydroxylation is 1. The number of carbonyl (C=O) groups excluding carboxylic acids is 1. The Hall–Kier alpha value is -1.98. The molecule has 1 aromatic carbocycles. The molecule has 6 heteroatoms. The third-order valence-electron chi connectivity index (χ3n) is 3.04. The van der Waals surface area contributed by atoms with E-state index in [1.54, 1.807) is 20.8 Å². The maximum atomic E-state index is 13.0. The molecule has 0 aliphatic carbocycles. The summed E-state index contributed by atoms with van der Waals surface area (Å²) in [6, 6.07) is 2.41. The summed E-state index contributed by atoms with van der Waals surface area (Å²) in [6.45, 7) is 5.13. The summed E-state index contributed by atoms with van der Waals surface area (Å²) in [5, 5.41) is 11.6. The van der Waals surface area contributed by atoms with Crippen molar-refractivity contribution in [2.45, 2.75) is 39.7 Å². The topological polar surface area (TPSA) is 66.4 Å². The van der Waals surface area contributed by atoms with E-state index in [4.69, 9.17) is 5.11 Å². The summed E-state index contributed by atoms with van der Waals surface area (Å²) in [5.74, 6) is -3.46. The summed E-state index contributed by atoms with van der Waals surface area (Å²) in [4.78, 5) is 22.9. The number of nitrogens with one attached hydrogen (secondary N) is 1. The molecule has 0 aliphatic heterocycles. The minimum absolute atomic E-state index is 0.00489. The Morgan fingerprint density at radius 3 is 2.33 bits per heavy atom. The first-order valence-corrected chi connectivity index (χ1v) is 6.57. The zero-order chi connectivity index (χ0) is 16.2. The fourth-order valence-corrected chi connectivity index (χ4v) is 1.83. The van der Waals surface area contributed by atoms with Crippen LogP contribution in [0.2, 0.25) is 0 Å². The lowest BCUT2D eigenvalue weighted by atomic mass is 9.86. The number of halogens is 2. The van der Waals surface area contributed by atoms with Gasteiger partial charge in [0.05, 0.1) is 0 Å². The van der Waals surface area contributed by atoms with E-state index < -0.39 is 35.0 Å². The molecular formula is C15H19F2NO3. The third kappa shape index (κ3) is 5.13. The van der Waals surface area contributed by atoms with Crippen molar-refractivity contribution in [2.75, 3.05) is 0 Å². The Balaban J connectivity index is 2.61. The van der Waals surface area contributed by atoms with E-state index in [0.717, 1.165) is 12.1 Å². The molecule has 0 aromatic heterocycles. The van der Waals surface area contributed by atoms with Crippen molar-refractivity contribution < 1.29 is 23.5 Å². The zero-order valence-electron chi connectivity index (χ0n) is 12.2. The van der Waals surface area contributed by atoms with E-state index in [2.05, 4.69) is 5.32 Å². The first-order chi connectivity index (χ1) is 9.61. The number of rotatable bonds is 5. The molecule has 0 bridgehead atoms. The van der Waals surface area contributed by atoms with E-state index in [9.17, 15) is 18.4 Å². The number of carbonyl (C=O) groups is 2. The van der Waals surface area contributed by atoms with Gasteiger partial charge in [-0.3, -0.25) is 4.79 Å². The van der Waals surface area contributed by atoms with Crippen molar-refractivity contribution in [3.05, 3.63) is 35.4 Å². The summed E-state index contributed by atoms with van der Waals surface area (Å²) in [5.41, 5.74) is -0.143. The van der Waals surface area contributed by atoms with Gasteiger partial charge in [-0.2, -0.15) is 0 Å². The lowest BCUT2D eigenvalue weighted by molar-refractivity contribution is -0.144. The summed E-state index contributed by atoms with van der Waals surface area (Å²) in [7, 11) is 0. The van der Waals surface area contributed by atoms with Crippen molar-refractivity contribution in [3.63, 3.8) is 0 Å². The monoisotopic (exact) mass is 299 g/mol. The van der Waals surface area contributed by atoms with Crippen LogP contribution < -0.4 is 5.32 Å². The van der Waals surface area contributed by atoms with E-state index >= 15 is 0 Å². The van der Waals surface area contributed by atoms with Crippen LogP contribution in [-0.4, -0.2) is 23.0 Å². The number of aliphatic carboxylic acids is 1. The number of hydrogen-bond donors (Lipinski definition) is 2. The van der Waals surface area contributed by atoms with Crippen LogP contribution in [0, 0.1) is 17.0 Å². The Kier molecular flexibility index (Phi) is 5.41. The predicted molar refractivity (Wildman–Crippen MR) is 73.7 cm³/mol. The molecule has 0 heterocycles. The van der Waals surface area contributed by atoms with Gasteiger partial charge in [0.2, 0.25) is 5.91 Å². The minimum Gasteiger partial charge on any atom is -0.480 e. The molecule has 0 unspecified atom stereocenters. The van der Waals surface area contributed by atoms with Gasteiger partial charge < -0.3 is 10.4 Å². The van der Waals surface area contributed by atoms with Crippen LogP contribution in [-0.2, 0) is 16.0 Å². The molecule has 0 radical (unpaired) electrons. The van der Waals surface area contributed by atoms with Crippen molar-refractivity contribution >= 4 is 11.9 Å². The molecule has 0 saturated heterocycles. The van der Waals surface area contributed by atoms with Crippen LogP contribution in [0.25, 0.3) is 0 Å². The van der Waals surface area contributed by atoms with E-state index in [1.165, 1.54) is 6.07 Å². The highest BCUT2D eigenvalue weighted by Crippen LogP contribution is 2.19. The van der Waals surface area contributed by atoms with Crippen LogP contribution in [0.3, 0.4) is 0 Å². The predicted octanol–water partition coefficient (Wildman–Crippen LogP) is 2.51. The lowest BCUT2D eigenvalue weighted by Gasteiger charge is -2.27. The first kappa shape index (κ1) is 17.1. The number of carboxylic acids is 1. The van der Waals surface area contributed by atoms with Crippen molar-refractivity contribution in [2.24, 2.45) is 5.41 Å². The van der Waals surface area contributed by atoms with Crippen molar-refractivity contribution in [3.8, 4) is 0 Å². The van der Waals surface area contributed by atoms with E-state index in [-0.39, 0.29) is 12.8 Å². The van der Waals surface area contributed by atoms with E-state index in [0.29, 0.717) is 5.56 Å². The van der Waals surface area contributed by atoms with Crippen molar-refractivity contribution in [1.29, 1.82) is 0 Å². The molecule has 0 saturated carbocycles. The normalized spacial score (nSPS) is 12.8. The van der Waals surface area contributed by atoms with Crippen LogP contribution in [0.1, 0.15) is 32.8 Å². The summed E-state index contributed by atoms with van der Waals surface area (Å²) < 4.78 is 25.8. The first-order valence-electron chi connectivity index (χ1n) is 6.57. The van der Waals surface area contributed by atoms with Gasteiger partial charge >= 0.3 is 5.97 Å². The average Bonchev–Trinajstić information content (AvgIpc) is 2.35. The number of amides is 1. The lowest BCUT2D eigenvalue weighted by Crippen LogP contribution is -2.49. The molecule has 0 spiro atoms. The second kappa shape index (κ2) is 6.65. The van der Waals surface area contributed by atoms with Crippen LogP contribution in [0.4, 0.5) is 8.78 Å². The molecule has 1 atom stereocenters. The Labute approximate surface area is 122 Å². The molecule has 2 N–H and O–H groups in total. The van der Waals surface area contributed by atoms with Crippen LogP contribution in [0.15, 0.2) is 18.2 Å². The highest BCUT2D eigenvalue weighted by atomic mass is 19.2. The fraction of sp³-hybridized carbons (Fsp3) is 0.467. The van der Waals surface area contributed by atoms with Gasteiger partial charge in [-0.05, 0) is 29.5 Å². The Morgan fingerprint density at radius 2 is 1.86 bits per heavy atom. The molecule has 1 amide bonds.